The van der Waals surface area contributed by atoms with E-state index in [9.17, 15) is 18.8 Å². The molecule has 2 aliphatic carbocycles. The van der Waals surface area contributed by atoms with Gasteiger partial charge in [-0.05, 0) is 67.9 Å². The number of aromatic nitrogens is 3. The van der Waals surface area contributed by atoms with E-state index in [0.29, 0.717) is 50.8 Å². The van der Waals surface area contributed by atoms with Crippen molar-refractivity contribution in [1.29, 1.82) is 0 Å². The van der Waals surface area contributed by atoms with Gasteiger partial charge in [0.05, 0.1) is 6.20 Å². The molecule has 3 atom stereocenters. The lowest BCUT2D eigenvalue weighted by molar-refractivity contribution is 0.0907. The number of rotatable bonds is 5. The van der Waals surface area contributed by atoms with Crippen LogP contribution in [0.2, 0.25) is 0 Å². The minimum Gasteiger partial charge on any atom is -0.455 e. The van der Waals surface area contributed by atoms with Crippen LogP contribution in [0.25, 0.3) is 22.0 Å². The van der Waals surface area contributed by atoms with Gasteiger partial charge in [-0.3, -0.25) is 14.4 Å². The summed E-state index contributed by atoms with van der Waals surface area (Å²) in [6.07, 6.45) is 5.37. The highest BCUT2D eigenvalue weighted by Gasteiger charge is 2.53. The third-order valence-corrected chi connectivity index (χ3v) is 7.70. The average molecular weight is 503 g/mol. The van der Waals surface area contributed by atoms with E-state index in [2.05, 4.69) is 10.3 Å². The van der Waals surface area contributed by atoms with Crippen LogP contribution in [-0.2, 0) is 14.1 Å². The summed E-state index contributed by atoms with van der Waals surface area (Å²) in [5, 5.41) is 3.58. The molecule has 0 saturated heterocycles. The Morgan fingerprint density at radius 3 is 2.41 bits per heavy atom. The van der Waals surface area contributed by atoms with Crippen LogP contribution in [0.3, 0.4) is 0 Å². The number of aryl methyl sites for hydroxylation is 4. The Labute approximate surface area is 211 Å². The van der Waals surface area contributed by atoms with Crippen LogP contribution in [-0.4, -0.2) is 26.1 Å². The van der Waals surface area contributed by atoms with Crippen molar-refractivity contribution < 1.29 is 13.9 Å². The summed E-state index contributed by atoms with van der Waals surface area (Å²) in [6.45, 7) is 3.50. The van der Waals surface area contributed by atoms with Crippen molar-refractivity contribution in [2.24, 2.45) is 25.9 Å². The number of ether oxygens (including phenoxy) is 1. The summed E-state index contributed by atoms with van der Waals surface area (Å²) in [4.78, 5) is 41.7. The van der Waals surface area contributed by atoms with E-state index in [1.807, 2.05) is 0 Å². The fourth-order valence-electron chi connectivity index (χ4n) is 5.49. The van der Waals surface area contributed by atoms with Crippen LogP contribution in [0.5, 0.6) is 11.5 Å². The molecular weight excluding hydrogens is 475 g/mol. The first-order valence-electron chi connectivity index (χ1n) is 12.3. The van der Waals surface area contributed by atoms with Crippen molar-refractivity contribution in [3.63, 3.8) is 0 Å². The highest BCUT2D eigenvalue weighted by atomic mass is 19.1. The van der Waals surface area contributed by atoms with Gasteiger partial charge in [0.15, 0.2) is 5.75 Å². The zero-order chi connectivity index (χ0) is 26.2. The highest BCUT2D eigenvalue weighted by molar-refractivity contribution is 6.03. The molecule has 0 aliphatic heterocycles. The van der Waals surface area contributed by atoms with Crippen molar-refractivity contribution in [2.45, 2.75) is 32.7 Å². The van der Waals surface area contributed by atoms with Crippen molar-refractivity contribution >= 4 is 16.8 Å². The van der Waals surface area contributed by atoms with Crippen LogP contribution < -0.4 is 21.2 Å². The fraction of sp³-hybridized carbons (Fsp3) is 0.321. The molecule has 37 heavy (non-hydrogen) atoms. The van der Waals surface area contributed by atoms with E-state index in [1.165, 1.54) is 33.8 Å². The first-order valence-corrected chi connectivity index (χ1v) is 12.3. The number of aromatic amines is 1. The molecule has 0 radical (unpaired) electrons. The van der Waals surface area contributed by atoms with Crippen molar-refractivity contribution in [3.8, 4) is 22.6 Å². The Kier molecular flexibility index (Phi) is 5.15. The number of hydrogen-bond acceptors (Lipinski definition) is 4. The van der Waals surface area contributed by atoms with Crippen LogP contribution in [0.15, 0.2) is 46.2 Å². The molecule has 3 aromatic heterocycles. The van der Waals surface area contributed by atoms with Gasteiger partial charge >= 0.3 is 0 Å². The van der Waals surface area contributed by atoms with Gasteiger partial charge in [0.2, 0.25) is 0 Å². The molecule has 3 heterocycles. The van der Waals surface area contributed by atoms with Crippen LogP contribution >= 0.6 is 0 Å². The largest absolute Gasteiger partial charge is 0.455 e. The van der Waals surface area contributed by atoms with Gasteiger partial charge in [0.1, 0.15) is 22.8 Å². The molecule has 190 valence electrons. The van der Waals surface area contributed by atoms with Gasteiger partial charge in [0, 0.05) is 48.9 Å². The molecule has 9 heteroatoms. The number of carbonyl (C=O) groups excluding carboxylic acids is 1. The lowest BCUT2D eigenvalue weighted by Gasteiger charge is -2.25. The minimum atomic E-state index is -0.361. The molecule has 3 unspecified atom stereocenters. The maximum Gasteiger partial charge on any atom is 0.274 e. The standard InChI is InChI=1S/C28H27FN4O4/c1-13-5-16(29)6-14(2)26(13)37-23-12-32(3)24(34)10-18(23)20-11-33(4)28(36)25-19(20)9-22(30-25)27(35)31-21-8-15-7-17(15)21/h5-6,9-12,15,17,21,30H,7-8H2,1-4H3,(H,31,35). The zero-order valence-corrected chi connectivity index (χ0v) is 21.0. The fourth-order valence-corrected chi connectivity index (χ4v) is 5.49. The summed E-state index contributed by atoms with van der Waals surface area (Å²) in [5.74, 6) is 1.56. The molecule has 6 rings (SSSR count). The van der Waals surface area contributed by atoms with Gasteiger partial charge < -0.3 is 24.2 Å². The normalized spacial score (nSPS) is 19.9. The summed E-state index contributed by atoms with van der Waals surface area (Å²) < 4.78 is 23.0. The van der Waals surface area contributed by atoms with Gasteiger partial charge in [-0.2, -0.15) is 0 Å². The molecule has 8 nitrogen and oxygen atoms in total. The Morgan fingerprint density at radius 1 is 1.03 bits per heavy atom. The average Bonchev–Trinajstić information content (AvgIpc) is 3.28. The second-order valence-electron chi connectivity index (χ2n) is 10.4. The summed E-state index contributed by atoms with van der Waals surface area (Å²) in [6, 6.07) is 6.05. The number of amides is 1. The Bertz CT molecular complexity index is 1710. The molecular formula is C28H27FN4O4. The highest BCUT2D eigenvalue weighted by Crippen LogP contribution is 2.55. The number of fused-ring (bicyclic) bond motifs is 2. The van der Waals surface area contributed by atoms with E-state index in [0.717, 1.165) is 12.3 Å². The van der Waals surface area contributed by atoms with Crippen LogP contribution in [0.1, 0.15) is 34.5 Å². The quantitative estimate of drug-likeness (QED) is 0.432. The number of carbonyl (C=O) groups is 1. The van der Waals surface area contributed by atoms with Crippen LogP contribution in [0, 0.1) is 31.5 Å². The molecule has 1 aromatic carbocycles. The zero-order valence-electron chi connectivity index (χ0n) is 21.0. The Balaban J connectivity index is 1.48. The van der Waals surface area contributed by atoms with Crippen LogP contribution in [0.4, 0.5) is 4.39 Å². The van der Waals surface area contributed by atoms with E-state index < -0.39 is 0 Å². The maximum atomic E-state index is 13.9. The summed E-state index contributed by atoms with van der Waals surface area (Å²) >= 11 is 0. The molecule has 0 spiro atoms. The number of hydrogen-bond donors (Lipinski definition) is 2. The predicted octanol–water partition coefficient (Wildman–Crippen LogP) is 3.92. The van der Waals surface area contributed by atoms with Crippen molar-refractivity contribution in [1.82, 2.24) is 19.4 Å². The second kappa shape index (κ2) is 8.19. The smallest absolute Gasteiger partial charge is 0.274 e. The van der Waals surface area contributed by atoms with Gasteiger partial charge in [0.25, 0.3) is 17.0 Å². The summed E-state index contributed by atoms with van der Waals surface area (Å²) in [7, 11) is 3.23. The predicted molar refractivity (Wildman–Crippen MR) is 138 cm³/mol. The Hall–Kier alpha value is -4.14. The number of halogens is 1. The van der Waals surface area contributed by atoms with E-state index in [4.69, 9.17) is 4.74 Å². The van der Waals surface area contributed by atoms with Gasteiger partial charge in [-0.15, -0.1) is 0 Å². The topological polar surface area (TPSA) is 98.1 Å². The minimum absolute atomic E-state index is 0.186. The third kappa shape index (κ3) is 3.85. The second-order valence-corrected chi connectivity index (χ2v) is 10.4. The molecule has 1 amide bonds. The van der Waals surface area contributed by atoms with E-state index in [-0.39, 0.29) is 34.4 Å². The number of benzene rings is 1. The molecule has 2 N–H and O–H groups in total. The SMILES string of the molecule is Cc1cc(F)cc(C)c1Oc1cn(C)c(=O)cc1-c1cn(C)c(=O)c2[nH]c(C(=O)NC3CC4CC43)cc12. The van der Waals surface area contributed by atoms with E-state index >= 15 is 0 Å². The third-order valence-electron chi connectivity index (χ3n) is 7.70. The van der Waals surface area contributed by atoms with E-state index in [1.54, 1.807) is 46.4 Å². The number of pyridine rings is 2. The molecule has 4 aromatic rings. The monoisotopic (exact) mass is 502 g/mol. The number of H-pyrrole nitrogens is 1. The lowest BCUT2D eigenvalue weighted by Crippen LogP contribution is -2.42. The lowest BCUT2D eigenvalue weighted by atomic mass is 9.93. The molecule has 2 saturated carbocycles. The van der Waals surface area contributed by atoms with Crippen molar-refractivity contribution in [3.05, 3.63) is 80.0 Å². The van der Waals surface area contributed by atoms with Gasteiger partial charge in [-0.1, -0.05) is 0 Å². The molecule has 0 bridgehead atoms. The number of nitrogens with one attached hydrogen (secondary N) is 2. The first-order chi connectivity index (χ1) is 17.6. The number of nitrogens with zero attached hydrogens (tertiary/aromatic N) is 2. The maximum absolute atomic E-state index is 13.9. The Morgan fingerprint density at radius 2 is 1.76 bits per heavy atom. The van der Waals surface area contributed by atoms with Crippen molar-refractivity contribution in [2.75, 3.05) is 0 Å². The first kappa shape index (κ1) is 23.3. The summed E-state index contributed by atoms with van der Waals surface area (Å²) in [5.41, 5.74) is 2.23. The molecule has 2 fully saturated rings. The molecule has 2 aliphatic rings. The van der Waals surface area contributed by atoms with Gasteiger partial charge in [-0.25, -0.2) is 4.39 Å².